The largest absolute Gasteiger partial charge is 0.338 e. The lowest BCUT2D eigenvalue weighted by molar-refractivity contribution is 0.510. The molecule has 0 spiro atoms. The van der Waals surface area contributed by atoms with Crippen molar-refractivity contribution in [3.63, 3.8) is 0 Å². The second-order valence-electron chi connectivity index (χ2n) is 4.00. The van der Waals surface area contributed by atoms with E-state index in [-0.39, 0.29) is 0 Å². The monoisotopic (exact) mass is 298 g/mol. The molecule has 0 atom stereocenters. The third-order valence-electron chi connectivity index (χ3n) is 2.72. The van der Waals surface area contributed by atoms with Crippen LogP contribution in [0.25, 0.3) is 22.4 Å². The highest BCUT2D eigenvalue weighted by atomic mass is 35.5. The first-order valence-corrected chi connectivity index (χ1v) is 6.10. The summed E-state index contributed by atoms with van der Waals surface area (Å²) in [6, 6.07) is 7.10. The van der Waals surface area contributed by atoms with Gasteiger partial charge in [0, 0.05) is 17.7 Å². The number of H-pyrrole nitrogens is 1. The summed E-state index contributed by atoms with van der Waals surface area (Å²) >= 11 is 11.7. The fourth-order valence-corrected chi connectivity index (χ4v) is 2.08. The van der Waals surface area contributed by atoms with E-state index in [1.807, 2.05) is 0 Å². The van der Waals surface area contributed by atoms with E-state index in [0.717, 1.165) is 12.1 Å². The maximum atomic E-state index is 13.1. The maximum Gasteiger partial charge on any atom is 0.161 e. The standard InChI is InChI=1S/C13H6Cl2F2N2/c14-7-2-1-6(3-8(7)15)13-18-11-4-9(16)10(17)5-12(11)19-13/h1-5H,(H,18,19). The summed E-state index contributed by atoms with van der Waals surface area (Å²) in [7, 11) is 0. The highest BCUT2D eigenvalue weighted by molar-refractivity contribution is 6.42. The Morgan fingerprint density at radius 2 is 1.68 bits per heavy atom. The normalized spacial score (nSPS) is 11.2. The number of nitrogens with zero attached hydrogens (tertiary/aromatic N) is 1. The minimum absolute atomic E-state index is 0.347. The van der Waals surface area contributed by atoms with Gasteiger partial charge in [0.05, 0.1) is 21.1 Å². The Hall–Kier alpha value is -1.65. The van der Waals surface area contributed by atoms with Gasteiger partial charge in [-0.2, -0.15) is 0 Å². The van der Waals surface area contributed by atoms with Gasteiger partial charge < -0.3 is 4.98 Å². The van der Waals surface area contributed by atoms with Crippen LogP contribution < -0.4 is 0 Å². The van der Waals surface area contributed by atoms with E-state index in [0.29, 0.717) is 32.5 Å². The van der Waals surface area contributed by atoms with E-state index in [4.69, 9.17) is 23.2 Å². The molecule has 19 heavy (non-hydrogen) atoms. The van der Waals surface area contributed by atoms with E-state index in [1.54, 1.807) is 18.2 Å². The molecule has 2 nitrogen and oxygen atoms in total. The number of benzene rings is 2. The summed E-state index contributed by atoms with van der Waals surface area (Å²) in [6.45, 7) is 0. The van der Waals surface area contributed by atoms with Crippen molar-refractivity contribution in [1.82, 2.24) is 9.97 Å². The van der Waals surface area contributed by atoms with Crippen LogP contribution in [0, 0.1) is 11.6 Å². The lowest BCUT2D eigenvalue weighted by Crippen LogP contribution is -1.82. The predicted molar refractivity (Wildman–Crippen MR) is 71.5 cm³/mol. The quantitative estimate of drug-likeness (QED) is 0.686. The average Bonchev–Trinajstić information content (AvgIpc) is 2.76. The van der Waals surface area contributed by atoms with Gasteiger partial charge in [0.25, 0.3) is 0 Å². The number of nitrogens with one attached hydrogen (secondary N) is 1. The molecule has 1 heterocycles. The third-order valence-corrected chi connectivity index (χ3v) is 3.46. The van der Waals surface area contributed by atoms with Crippen LogP contribution in [-0.4, -0.2) is 9.97 Å². The summed E-state index contributed by atoms with van der Waals surface area (Å²) in [5.41, 5.74) is 1.45. The Morgan fingerprint density at radius 3 is 2.42 bits per heavy atom. The van der Waals surface area contributed by atoms with Crippen molar-refractivity contribution in [3.8, 4) is 11.4 Å². The fourth-order valence-electron chi connectivity index (χ4n) is 1.79. The zero-order valence-electron chi connectivity index (χ0n) is 9.35. The molecule has 0 radical (unpaired) electrons. The lowest BCUT2D eigenvalue weighted by Gasteiger charge is -1.99. The van der Waals surface area contributed by atoms with Crippen molar-refractivity contribution in [2.45, 2.75) is 0 Å². The summed E-state index contributed by atoms with van der Waals surface area (Å²) in [6.07, 6.45) is 0. The maximum absolute atomic E-state index is 13.1. The fraction of sp³-hybridized carbons (Fsp3) is 0. The van der Waals surface area contributed by atoms with Gasteiger partial charge in [-0.1, -0.05) is 23.2 Å². The van der Waals surface area contributed by atoms with Gasteiger partial charge in [0.1, 0.15) is 5.82 Å². The molecule has 0 aliphatic rings. The van der Waals surface area contributed by atoms with Crippen molar-refractivity contribution in [1.29, 1.82) is 0 Å². The molecule has 3 rings (SSSR count). The van der Waals surface area contributed by atoms with E-state index in [1.165, 1.54) is 0 Å². The van der Waals surface area contributed by atoms with Gasteiger partial charge in [0.2, 0.25) is 0 Å². The van der Waals surface area contributed by atoms with Crippen LogP contribution in [0.4, 0.5) is 8.78 Å². The molecular formula is C13H6Cl2F2N2. The zero-order chi connectivity index (χ0) is 13.6. The Kier molecular flexibility index (Phi) is 2.92. The average molecular weight is 299 g/mol. The Labute approximate surface area is 117 Å². The predicted octanol–water partition coefficient (Wildman–Crippen LogP) is 4.81. The number of hydrogen-bond acceptors (Lipinski definition) is 1. The molecule has 0 saturated heterocycles. The molecule has 96 valence electrons. The molecule has 1 N–H and O–H groups in total. The smallest absolute Gasteiger partial charge is 0.161 e. The molecule has 1 aromatic heterocycles. The SMILES string of the molecule is Fc1cc2nc(-c3ccc(Cl)c(Cl)c3)[nH]c2cc1F. The molecule has 6 heteroatoms. The Bertz CT molecular complexity index is 745. The van der Waals surface area contributed by atoms with Crippen LogP contribution in [-0.2, 0) is 0 Å². The van der Waals surface area contributed by atoms with Crippen LogP contribution in [0.5, 0.6) is 0 Å². The molecule has 0 fully saturated rings. The number of aromatic amines is 1. The first kappa shape index (κ1) is 12.4. The molecule has 3 aromatic rings. The molecule has 0 aliphatic carbocycles. The van der Waals surface area contributed by atoms with E-state index in [9.17, 15) is 8.78 Å². The second kappa shape index (κ2) is 4.47. The van der Waals surface area contributed by atoms with Crippen molar-refractivity contribution in [2.24, 2.45) is 0 Å². The van der Waals surface area contributed by atoms with Crippen LogP contribution >= 0.6 is 23.2 Å². The zero-order valence-corrected chi connectivity index (χ0v) is 10.9. The molecule has 0 aliphatic heterocycles. The molecule has 2 aromatic carbocycles. The molecular weight excluding hydrogens is 293 g/mol. The van der Waals surface area contributed by atoms with Gasteiger partial charge >= 0.3 is 0 Å². The van der Waals surface area contributed by atoms with E-state index in [2.05, 4.69) is 9.97 Å². The van der Waals surface area contributed by atoms with Gasteiger partial charge in [-0.15, -0.1) is 0 Å². The van der Waals surface area contributed by atoms with Crippen molar-refractivity contribution in [2.75, 3.05) is 0 Å². The summed E-state index contributed by atoms with van der Waals surface area (Å²) in [4.78, 5) is 7.10. The Morgan fingerprint density at radius 1 is 0.947 bits per heavy atom. The minimum atomic E-state index is -0.931. The number of halogens is 4. The van der Waals surface area contributed by atoms with Gasteiger partial charge in [-0.3, -0.25) is 0 Å². The van der Waals surface area contributed by atoms with Crippen LogP contribution in [0.2, 0.25) is 10.0 Å². The second-order valence-corrected chi connectivity index (χ2v) is 4.81. The number of imidazole rings is 1. The topological polar surface area (TPSA) is 28.7 Å². The molecule has 0 bridgehead atoms. The molecule has 0 saturated carbocycles. The van der Waals surface area contributed by atoms with Crippen LogP contribution in [0.15, 0.2) is 30.3 Å². The van der Waals surface area contributed by atoms with Crippen LogP contribution in [0.3, 0.4) is 0 Å². The van der Waals surface area contributed by atoms with Gasteiger partial charge in [0.15, 0.2) is 11.6 Å². The van der Waals surface area contributed by atoms with E-state index < -0.39 is 11.6 Å². The summed E-state index contributed by atoms with van der Waals surface area (Å²) < 4.78 is 26.2. The first-order valence-electron chi connectivity index (χ1n) is 5.35. The van der Waals surface area contributed by atoms with Gasteiger partial charge in [-0.05, 0) is 18.2 Å². The number of rotatable bonds is 1. The third kappa shape index (κ3) is 2.17. The van der Waals surface area contributed by atoms with Crippen molar-refractivity contribution in [3.05, 3.63) is 52.0 Å². The molecule has 0 amide bonds. The first-order chi connectivity index (χ1) is 9.04. The number of hydrogen-bond donors (Lipinski definition) is 1. The Balaban J connectivity index is 2.17. The van der Waals surface area contributed by atoms with Crippen molar-refractivity contribution >= 4 is 34.2 Å². The molecule has 0 unspecified atom stereocenters. The van der Waals surface area contributed by atoms with E-state index >= 15 is 0 Å². The number of aromatic nitrogens is 2. The lowest BCUT2D eigenvalue weighted by atomic mass is 10.2. The van der Waals surface area contributed by atoms with Crippen LogP contribution in [0.1, 0.15) is 0 Å². The summed E-state index contributed by atoms with van der Waals surface area (Å²) in [5.74, 6) is -1.38. The minimum Gasteiger partial charge on any atom is -0.338 e. The summed E-state index contributed by atoms with van der Waals surface area (Å²) in [5, 5.41) is 0.815. The highest BCUT2D eigenvalue weighted by Crippen LogP contribution is 2.28. The number of fused-ring (bicyclic) bond motifs is 1. The van der Waals surface area contributed by atoms with Gasteiger partial charge in [-0.25, -0.2) is 13.8 Å². The highest BCUT2D eigenvalue weighted by Gasteiger charge is 2.10. The van der Waals surface area contributed by atoms with Crippen molar-refractivity contribution < 1.29 is 8.78 Å².